The Kier molecular flexibility index (Phi) is 3.13. The molecule has 0 saturated heterocycles. The smallest absolute Gasteiger partial charge is 0.410 e. The van der Waals surface area contributed by atoms with Crippen molar-refractivity contribution < 1.29 is 9.53 Å². The Bertz CT molecular complexity index is 387. The Labute approximate surface area is 96.0 Å². The molecule has 0 unspecified atom stereocenters. The SMILES string of the molecule is CC(C)OC(=O)N1CCc2ccccc2C1. The van der Waals surface area contributed by atoms with Gasteiger partial charge in [-0.2, -0.15) is 0 Å². The molecule has 2 rings (SSSR count). The van der Waals surface area contributed by atoms with Gasteiger partial charge in [0.05, 0.1) is 6.10 Å². The quantitative estimate of drug-likeness (QED) is 0.726. The highest BCUT2D eigenvalue weighted by molar-refractivity contribution is 5.68. The minimum atomic E-state index is -0.204. The molecule has 1 aliphatic rings. The molecule has 0 saturated carbocycles. The molecule has 0 spiro atoms. The van der Waals surface area contributed by atoms with Crippen molar-refractivity contribution in [3.8, 4) is 0 Å². The zero-order chi connectivity index (χ0) is 11.5. The largest absolute Gasteiger partial charge is 0.447 e. The van der Waals surface area contributed by atoms with Gasteiger partial charge >= 0.3 is 6.09 Å². The number of benzene rings is 1. The van der Waals surface area contributed by atoms with E-state index in [-0.39, 0.29) is 12.2 Å². The third-order valence-corrected chi connectivity index (χ3v) is 2.73. The van der Waals surface area contributed by atoms with Crippen molar-refractivity contribution in [1.29, 1.82) is 0 Å². The monoisotopic (exact) mass is 219 g/mol. The van der Waals surface area contributed by atoms with Gasteiger partial charge in [-0.25, -0.2) is 4.79 Å². The predicted molar refractivity (Wildman–Crippen MR) is 62.2 cm³/mol. The van der Waals surface area contributed by atoms with E-state index in [0.717, 1.165) is 13.0 Å². The first-order valence-electron chi connectivity index (χ1n) is 5.69. The highest BCUT2D eigenvalue weighted by atomic mass is 16.6. The molecule has 0 aromatic heterocycles. The van der Waals surface area contributed by atoms with Crippen LogP contribution in [0.25, 0.3) is 0 Å². The highest BCUT2D eigenvalue weighted by Crippen LogP contribution is 2.19. The van der Waals surface area contributed by atoms with Crippen LogP contribution in [0.15, 0.2) is 24.3 Å². The van der Waals surface area contributed by atoms with Crippen LogP contribution < -0.4 is 0 Å². The van der Waals surface area contributed by atoms with Gasteiger partial charge in [-0.3, -0.25) is 0 Å². The third kappa shape index (κ3) is 2.35. The maximum Gasteiger partial charge on any atom is 0.410 e. The molecule has 86 valence electrons. The Morgan fingerprint density at radius 1 is 1.31 bits per heavy atom. The predicted octanol–water partition coefficient (Wildman–Crippen LogP) is 2.59. The summed E-state index contributed by atoms with van der Waals surface area (Å²) in [5, 5.41) is 0. The van der Waals surface area contributed by atoms with E-state index in [2.05, 4.69) is 12.1 Å². The lowest BCUT2D eigenvalue weighted by Crippen LogP contribution is -2.37. The fourth-order valence-electron chi connectivity index (χ4n) is 1.93. The van der Waals surface area contributed by atoms with Gasteiger partial charge in [0.25, 0.3) is 0 Å². The Morgan fingerprint density at radius 2 is 2.00 bits per heavy atom. The lowest BCUT2D eigenvalue weighted by Gasteiger charge is -2.28. The summed E-state index contributed by atoms with van der Waals surface area (Å²) in [7, 11) is 0. The number of carbonyl (C=O) groups is 1. The van der Waals surface area contributed by atoms with Crippen LogP contribution in [-0.4, -0.2) is 23.6 Å². The lowest BCUT2D eigenvalue weighted by atomic mass is 10.0. The van der Waals surface area contributed by atoms with Crippen molar-refractivity contribution in [3.63, 3.8) is 0 Å². The van der Waals surface area contributed by atoms with Gasteiger partial charge in [-0.1, -0.05) is 24.3 Å². The van der Waals surface area contributed by atoms with Crippen LogP contribution in [0.2, 0.25) is 0 Å². The van der Waals surface area contributed by atoms with Crippen molar-refractivity contribution in [1.82, 2.24) is 4.90 Å². The molecule has 0 aliphatic carbocycles. The van der Waals surface area contributed by atoms with Gasteiger partial charge in [-0.05, 0) is 31.4 Å². The maximum absolute atomic E-state index is 11.7. The first-order valence-corrected chi connectivity index (χ1v) is 5.69. The third-order valence-electron chi connectivity index (χ3n) is 2.73. The molecule has 0 atom stereocenters. The fraction of sp³-hybridized carbons (Fsp3) is 0.462. The van der Waals surface area contributed by atoms with Crippen LogP contribution in [0.4, 0.5) is 4.79 Å². The first-order chi connectivity index (χ1) is 7.66. The second-order valence-corrected chi connectivity index (χ2v) is 4.37. The Balaban J connectivity index is 2.05. The molecular formula is C13H17NO2. The highest BCUT2D eigenvalue weighted by Gasteiger charge is 2.21. The molecule has 0 radical (unpaired) electrons. The average Bonchev–Trinajstić information content (AvgIpc) is 2.27. The molecule has 0 fully saturated rings. The summed E-state index contributed by atoms with van der Waals surface area (Å²) in [5.74, 6) is 0. The molecule has 1 aromatic carbocycles. The number of rotatable bonds is 1. The molecule has 1 aliphatic heterocycles. The van der Waals surface area contributed by atoms with Crippen molar-refractivity contribution >= 4 is 6.09 Å². The van der Waals surface area contributed by atoms with E-state index >= 15 is 0 Å². The maximum atomic E-state index is 11.7. The summed E-state index contributed by atoms with van der Waals surface area (Å²) >= 11 is 0. The Hall–Kier alpha value is -1.51. The topological polar surface area (TPSA) is 29.5 Å². The number of hydrogen-bond acceptors (Lipinski definition) is 2. The zero-order valence-corrected chi connectivity index (χ0v) is 9.77. The molecular weight excluding hydrogens is 202 g/mol. The number of fused-ring (bicyclic) bond motifs is 1. The van der Waals surface area contributed by atoms with E-state index in [0.29, 0.717) is 6.54 Å². The summed E-state index contributed by atoms with van der Waals surface area (Å²) < 4.78 is 5.19. The molecule has 3 heteroatoms. The van der Waals surface area contributed by atoms with E-state index in [9.17, 15) is 4.79 Å². The van der Waals surface area contributed by atoms with Crippen molar-refractivity contribution in [2.24, 2.45) is 0 Å². The lowest BCUT2D eigenvalue weighted by molar-refractivity contribution is 0.0730. The Morgan fingerprint density at radius 3 is 2.69 bits per heavy atom. The van der Waals surface area contributed by atoms with Crippen molar-refractivity contribution in [3.05, 3.63) is 35.4 Å². The number of carbonyl (C=O) groups excluding carboxylic acids is 1. The minimum absolute atomic E-state index is 0.0512. The second-order valence-electron chi connectivity index (χ2n) is 4.37. The van der Waals surface area contributed by atoms with Gasteiger partial charge < -0.3 is 9.64 Å². The van der Waals surface area contributed by atoms with Crippen LogP contribution in [-0.2, 0) is 17.7 Å². The number of amides is 1. The molecule has 1 amide bonds. The van der Waals surface area contributed by atoms with Gasteiger partial charge in [0.15, 0.2) is 0 Å². The number of ether oxygens (including phenoxy) is 1. The molecule has 1 heterocycles. The fourth-order valence-corrected chi connectivity index (χ4v) is 1.93. The minimum Gasteiger partial charge on any atom is -0.447 e. The van der Waals surface area contributed by atoms with E-state index in [1.165, 1.54) is 11.1 Å². The van der Waals surface area contributed by atoms with Crippen molar-refractivity contribution in [2.45, 2.75) is 32.9 Å². The van der Waals surface area contributed by atoms with Crippen LogP contribution >= 0.6 is 0 Å². The standard InChI is InChI=1S/C13H17NO2/c1-10(2)16-13(15)14-8-7-11-5-3-4-6-12(11)9-14/h3-6,10H,7-9H2,1-2H3. The van der Waals surface area contributed by atoms with Crippen LogP contribution in [0.3, 0.4) is 0 Å². The summed E-state index contributed by atoms with van der Waals surface area (Å²) in [4.78, 5) is 13.5. The van der Waals surface area contributed by atoms with Crippen molar-refractivity contribution in [2.75, 3.05) is 6.54 Å². The number of nitrogens with zero attached hydrogens (tertiary/aromatic N) is 1. The summed E-state index contributed by atoms with van der Waals surface area (Å²) in [6.45, 7) is 5.16. The van der Waals surface area contributed by atoms with E-state index in [1.807, 2.05) is 26.0 Å². The normalized spacial score (nSPS) is 14.8. The first kappa shape index (κ1) is 11.0. The summed E-state index contributed by atoms with van der Waals surface area (Å²) in [6, 6.07) is 8.25. The van der Waals surface area contributed by atoms with Gasteiger partial charge in [0, 0.05) is 13.1 Å². The van der Waals surface area contributed by atoms with E-state index < -0.39 is 0 Å². The van der Waals surface area contributed by atoms with E-state index in [4.69, 9.17) is 4.74 Å². The second kappa shape index (κ2) is 4.56. The molecule has 16 heavy (non-hydrogen) atoms. The zero-order valence-electron chi connectivity index (χ0n) is 9.77. The average molecular weight is 219 g/mol. The molecule has 1 aromatic rings. The molecule has 0 N–H and O–H groups in total. The van der Waals surface area contributed by atoms with Crippen LogP contribution in [0.1, 0.15) is 25.0 Å². The van der Waals surface area contributed by atoms with E-state index in [1.54, 1.807) is 4.90 Å². The van der Waals surface area contributed by atoms with Crippen LogP contribution in [0.5, 0.6) is 0 Å². The van der Waals surface area contributed by atoms with Gasteiger partial charge in [0.2, 0.25) is 0 Å². The molecule has 3 nitrogen and oxygen atoms in total. The summed E-state index contributed by atoms with van der Waals surface area (Å²) in [5.41, 5.74) is 2.57. The summed E-state index contributed by atoms with van der Waals surface area (Å²) in [6.07, 6.45) is 0.665. The van der Waals surface area contributed by atoms with Crippen LogP contribution in [0, 0.1) is 0 Å². The molecule has 0 bridgehead atoms. The number of hydrogen-bond donors (Lipinski definition) is 0. The van der Waals surface area contributed by atoms with Gasteiger partial charge in [-0.15, -0.1) is 0 Å². The van der Waals surface area contributed by atoms with Gasteiger partial charge in [0.1, 0.15) is 0 Å².